The predicted octanol–water partition coefficient (Wildman–Crippen LogP) is -0.899. The number of rotatable bonds is 0. The summed E-state index contributed by atoms with van der Waals surface area (Å²) in [6.07, 6.45) is 0. The van der Waals surface area contributed by atoms with E-state index in [1.165, 1.54) is 0 Å². The van der Waals surface area contributed by atoms with Gasteiger partial charge in [-0.1, -0.05) is 13.8 Å². The van der Waals surface area contributed by atoms with Gasteiger partial charge in [-0.25, -0.2) is 5.14 Å². The van der Waals surface area contributed by atoms with Gasteiger partial charge >= 0.3 is 10.3 Å². The van der Waals surface area contributed by atoms with E-state index in [0.717, 1.165) is 0 Å². The van der Waals surface area contributed by atoms with Gasteiger partial charge in [0.2, 0.25) is 0 Å². The zero-order valence-electron chi connectivity index (χ0n) is 5.40. The molecular weight excluding hydrogens is 144 g/mol. The summed E-state index contributed by atoms with van der Waals surface area (Å²) in [5.41, 5.74) is 5.11. The molecule has 0 saturated heterocycles. The normalized spacial score (nSPS) is 10.4. The maximum atomic E-state index is 8.97. The fraction of sp³-hybridized carbons (Fsp3) is 1.00. The minimum atomic E-state index is -4.17. The fourth-order valence-electron chi connectivity index (χ4n) is 0. The Morgan fingerprint density at radius 2 is 1.44 bits per heavy atom. The molecule has 0 amide bonds. The van der Waals surface area contributed by atoms with Gasteiger partial charge in [-0.3, -0.25) is 4.55 Å². The van der Waals surface area contributed by atoms with Gasteiger partial charge in [0.15, 0.2) is 0 Å². The Hall–Kier alpha value is -0.170. The lowest BCUT2D eigenvalue weighted by Crippen LogP contribution is -2.08. The molecule has 0 unspecified atom stereocenters. The average Bonchev–Trinajstić information content (AvgIpc) is 1.19. The predicted molar refractivity (Wildman–Crippen MR) is 35.1 cm³/mol. The zero-order chi connectivity index (χ0) is 8.08. The molecule has 0 fully saturated rings. The zero-order valence-corrected chi connectivity index (χ0v) is 6.22. The van der Waals surface area contributed by atoms with Gasteiger partial charge in [-0.2, -0.15) is 8.42 Å². The number of hydrogen-bond acceptors (Lipinski definition) is 3. The first-order valence-corrected chi connectivity index (χ1v) is 3.74. The highest BCUT2D eigenvalue weighted by molar-refractivity contribution is 7.83. The summed E-state index contributed by atoms with van der Waals surface area (Å²) in [5.74, 6) is 0. The Morgan fingerprint density at radius 3 is 1.44 bits per heavy atom. The molecule has 0 bridgehead atoms. The summed E-state index contributed by atoms with van der Waals surface area (Å²) in [6, 6.07) is 0.333. The van der Waals surface area contributed by atoms with Crippen LogP contribution < -0.4 is 10.9 Å². The maximum absolute atomic E-state index is 8.97. The average molecular weight is 156 g/mol. The van der Waals surface area contributed by atoms with Gasteiger partial charge in [0, 0.05) is 0 Å². The first kappa shape index (κ1) is 11.6. The molecule has 5 nitrogen and oxygen atoms in total. The molecule has 0 spiro atoms. The van der Waals surface area contributed by atoms with Crippen LogP contribution in [0.15, 0.2) is 0 Å². The molecular formula is C3H12N2O3S. The monoisotopic (exact) mass is 156 g/mol. The molecule has 0 aliphatic heterocycles. The molecule has 0 heterocycles. The standard InChI is InChI=1S/C3H9N.H3NO3S/c1-3(2)4;1-5(2,3)4/h3H,4H2,1-2H3;(H3,1,2,3,4). The van der Waals surface area contributed by atoms with E-state index in [9.17, 15) is 0 Å². The van der Waals surface area contributed by atoms with Gasteiger partial charge in [0.1, 0.15) is 0 Å². The second kappa shape index (κ2) is 4.68. The van der Waals surface area contributed by atoms with E-state index in [-0.39, 0.29) is 0 Å². The Labute approximate surface area is 54.9 Å². The first-order chi connectivity index (χ1) is 3.73. The molecule has 58 valence electrons. The first-order valence-electron chi connectivity index (χ1n) is 2.24. The van der Waals surface area contributed by atoms with E-state index < -0.39 is 10.3 Å². The van der Waals surface area contributed by atoms with Gasteiger partial charge in [-0.15, -0.1) is 0 Å². The maximum Gasteiger partial charge on any atom is 0.330 e. The number of nitrogens with two attached hydrogens (primary N) is 2. The van der Waals surface area contributed by atoms with Crippen LogP contribution in [0, 0.1) is 0 Å². The highest BCUT2D eigenvalue weighted by Gasteiger charge is 1.81. The van der Waals surface area contributed by atoms with Gasteiger partial charge in [-0.05, 0) is 6.04 Å². The largest absolute Gasteiger partial charge is 0.330 e. The smallest absolute Gasteiger partial charge is 0.328 e. The van der Waals surface area contributed by atoms with Gasteiger partial charge < -0.3 is 5.73 Å². The minimum absolute atomic E-state index is 0.333. The van der Waals surface area contributed by atoms with Crippen molar-refractivity contribution < 1.29 is 13.0 Å². The summed E-state index contributed by atoms with van der Waals surface area (Å²) in [4.78, 5) is 0. The van der Waals surface area contributed by atoms with Crippen molar-refractivity contribution >= 4 is 10.3 Å². The van der Waals surface area contributed by atoms with Crippen LogP contribution >= 0.6 is 0 Å². The van der Waals surface area contributed by atoms with Crippen LogP contribution in [0.5, 0.6) is 0 Å². The molecule has 0 aromatic rings. The summed E-state index contributed by atoms with van der Waals surface area (Å²) in [7, 11) is -4.17. The molecule has 0 aromatic heterocycles. The lowest BCUT2D eigenvalue weighted by atomic mass is 10.5. The summed E-state index contributed by atoms with van der Waals surface area (Å²) >= 11 is 0. The molecule has 0 aliphatic carbocycles. The highest BCUT2D eigenvalue weighted by atomic mass is 32.2. The Bertz CT molecular complexity index is 128. The fourth-order valence-corrected chi connectivity index (χ4v) is 0. The van der Waals surface area contributed by atoms with Crippen LogP contribution in [0.25, 0.3) is 0 Å². The van der Waals surface area contributed by atoms with Crippen LogP contribution in [0.3, 0.4) is 0 Å². The lowest BCUT2D eigenvalue weighted by Gasteiger charge is -1.81. The van der Waals surface area contributed by atoms with Crippen molar-refractivity contribution in [1.29, 1.82) is 0 Å². The van der Waals surface area contributed by atoms with Gasteiger partial charge in [0.25, 0.3) is 0 Å². The van der Waals surface area contributed by atoms with E-state index in [0.29, 0.717) is 6.04 Å². The van der Waals surface area contributed by atoms with Gasteiger partial charge in [0.05, 0.1) is 0 Å². The van der Waals surface area contributed by atoms with Crippen molar-refractivity contribution in [2.24, 2.45) is 10.9 Å². The third-order valence-corrected chi connectivity index (χ3v) is 0. The van der Waals surface area contributed by atoms with Crippen molar-refractivity contribution in [1.82, 2.24) is 0 Å². The topological polar surface area (TPSA) is 106 Å². The Kier molecular flexibility index (Phi) is 6.04. The summed E-state index contributed by atoms with van der Waals surface area (Å²) in [6.45, 7) is 3.89. The highest BCUT2D eigenvalue weighted by Crippen LogP contribution is 1.58. The minimum Gasteiger partial charge on any atom is -0.328 e. The molecule has 0 aliphatic rings. The van der Waals surface area contributed by atoms with Crippen molar-refractivity contribution in [2.45, 2.75) is 19.9 Å². The van der Waals surface area contributed by atoms with Crippen molar-refractivity contribution in [3.05, 3.63) is 0 Å². The second-order valence-corrected chi connectivity index (χ2v) is 2.79. The molecule has 9 heavy (non-hydrogen) atoms. The van der Waals surface area contributed by atoms with Crippen LogP contribution in [-0.2, 0) is 10.3 Å². The quantitative estimate of drug-likeness (QED) is 0.395. The summed E-state index contributed by atoms with van der Waals surface area (Å²) in [5, 5.41) is 3.88. The Balaban J connectivity index is 0. The third-order valence-electron chi connectivity index (χ3n) is 0. The molecule has 0 saturated carbocycles. The van der Waals surface area contributed by atoms with E-state index in [2.05, 4.69) is 5.14 Å². The lowest BCUT2D eigenvalue weighted by molar-refractivity contribution is 0.485. The second-order valence-electron chi connectivity index (χ2n) is 1.76. The van der Waals surface area contributed by atoms with Crippen molar-refractivity contribution in [3.63, 3.8) is 0 Å². The van der Waals surface area contributed by atoms with E-state index in [4.69, 9.17) is 18.7 Å². The van der Waals surface area contributed by atoms with Crippen LogP contribution in [-0.4, -0.2) is 19.0 Å². The van der Waals surface area contributed by atoms with E-state index in [1.54, 1.807) is 0 Å². The molecule has 0 rings (SSSR count). The molecule has 0 aromatic carbocycles. The van der Waals surface area contributed by atoms with Crippen molar-refractivity contribution in [2.75, 3.05) is 0 Å². The van der Waals surface area contributed by atoms with Crippen LogP contribution in [0.1, 0.15) is 13.8 Å². The van der Waals surface area contributed by atoms with E-state index in [1.807, 2.05) is 13.8 Å². The molecule has 0 radical (unpaired) electrons. The van der Waals surface area contributed by atoms with E-state index >= 15 is 0 Å². The third kappa shape index (κ3) is 9210. The van der Waals surface area contributed by atoms with Crippen LogP contribution in [0.2, 0.25) is 0 Å². The number of hydrogen-bond donors (Lipinski definition) is 3. The molecule has 0 atom stereocenters. The van der Waals surface area contributed by atoms with Crippen molar-refractivity contribution in [3.8, 4) is 0 Å². The molecule has 6 heteroatoms. The van der Waals surface area contributed by atoms with Crippen LogP contribution in [0.4, 0.5) is 0 Å². The SMILES string of the molecule is CC(C)N.NS(=O)(=O)O. The molecule has 5 N–H and O–H groups in total. The summed E-state index contributed by atoms with van der Waals surface area (Å²) < 4.78 is 25.2. The Morgan fingerprint density at radius 1 is 1.44 bits per heavy atom.